The molecule has 2 aromatic carbocycles. The Hall–Kier alpha value is -2.88. The summed E-state index contributed by atoms with van der Waals surface area (Å²) in [6.45, 7) is 8.02. The van der Waals surface area contributed by atoms with Gasteiger partial charge in [-0.2, -0.15) is 0 Å². The molecule has 0 fully saturated rings. The van der Waals surface area contributed by atoms with E-state index < -0.39 is 11.9 Å². The van der Waals surface area contributed by atoms with Crippen molar-refractivity contribution in [3.05, 3.63) is 83.9 Å². The van der Waals surface area contributed by atoms with Crippen LogP contribution in [0.25, 0.3) is 0 Å². The van der Waals surface area contributed by atoms with Crippen LogP contribution in [0.3, 0.4) is 0 Å². The first-order valence-corrected chi connectivity index (χ1v) is 9.69. The van der Waals surface area contributed by atoms with Crippen molar-refractivity contribution in [1.29, 1.82) is 0 Å². The zero-order valence-corrected chi connectivity index (χ0v) is 16.6. The SMILES string of the molecule is C=C(C(=O)OCC(CC)c1ccccc1)C(=O)OCC(CC)c1ccccc1. The second-order valence-corrected chi connectivity index (χ2v) is 6.71. The quantitative estimate of drug-likeness (QED) is 0.251. The van der Waals surface area contributed by atoms with Crippen molar-refractivity contribution in [2.24, 2.45) is 0 Å². The standard InChI is InChI=1S/C24H28O4/c1-4-19(21-12-8-6-9-13-21)16-27-23(25)18(3)24(26)28-17-20(5-2)22-14-10-7-11-15-22/h6-15,19-20H,3-5,16-17H2,1-2H3. The molecule has 0 amide bonds. The average Bonchev–Trinajstić information content (AvgIpc) is 2.75. The number of carbonyl (C=O) groups is 2. The number of rotatable bonds is 10. The fraction of sp³-hybridized carbons (Fsp3) is 0.333. The summed E-state index contributed by atoms with van der Waals surface area (Å²) < 4.78 is 10.6. The lowest BCUT2D eigenvalue weighted by molar-refractivity contribution is -0.147. The highest BCUT2D eigenvalue weighted by molar-refractivity contribution is 6.13. The fourth-order valence-corrected chi connectivity index (χ4v) is 2.96. The lowest BCUT2D eigenvalue weighted by atomic mass is 9.97. The zero-order chi connectivity index (χ0) is 20.4. The first-order valence-electron chi connectivity index (χ1n) is 9.69. The van der Waals surface area contributed by atoms with Crippen molar-refractivity contribution in [3.8, 4) is 0 Å². The van der Waals surface area contributed by atoms with Gasteiger partial charge in [-0.1, -0.05) is 81.1 Å². The summed E-state index contributed by atoms with van der Waals surface area (Å²) in [5.74, 6) is -1.30. The number of hydrogen-bond donors (Lipinski definition) is 0. The molecule has 0 aliphatic rings. The molecule has 0 radical (unpaired) electrons. The van der Waals surface area contributed by atoms with Crippen LogP contribution >= 0.6 is 0 Å². The molecule has 0 N–H and O–H groups in total. The van der Waals surface area contributed by atoms with E-state index in [2.05, 4.69) is 6.58 Å². The minimum Gasteiger partial charge on any atom is -0.461 e. The van der Waals surface area contributed by atoms with Crippen LogP contribution in [0, 0.1) is 0 Å². The van der Waals surface area contributed by atoms with Crippen molar-refractivity contribution >= 4 is 11.9 Å². The molecule has 28 heavy (non-hydrogen) atoms. The van der Waals surface area contributed by atoms with Gasteiger partial charge < -0.3 is 9.47 Å². The van der Waals surface area contributed by atoms with Crippen LogP contribution in [0.1, 0.15) is 49.7 Å². The molecule has 4 nitrogen and oxygen atoms in total. The van der Waals surface area contributed by atoms with Gasteiger partial charge in [0.05, 0.1) is 13.2 Å². The van der Waals surface area contributed by atoms with Crippen LogP contribution < -0.4 is 0 Å². The van der Waals surface area contributed by atoms with Gasteiger partial charge in [-0.05, 0) is 24.0 Å². The van der Waals surface area contributed by atoms with Crippen LogP contribution in [0.5, 0.6) is 0 Å². The Morgan fingerprint density at radius 3 is 1.43 bits per heavy atom. The highest BCUT2D eigenvalue weighted by Crippen LogP contribution is 2.21. The van der Waals surface area contributed by atoms with Gasteiger partial charge in [0, 0.05) is 11.8 Å². The van der Waals surface area contributed by atoms with E-state index >= 15 is 0 Å². The molecular weight excluding hydrogens is 352 g/mol. The van der Waals surface area contributed by atoms with E-state index in [1.807, 2.05) is 74.5 Å². The van der Waals surface area contributed by atoms with Gasteiger partial charge in [-0.15, -0.1) is 0 Å². The van der Waals surface area contributed by atoms with Crippen molar-refractivity contribution in [3.63, 3.8) is 0 Å². The van der Waals surface area contributed by atoms with Gasteiger partial charge in [-0.3, -0.25) is 0 Å². The van der Waals surface area contributed by atoms with Crippen LogP contribution in [-0.2, 0) is 19.1 Å². The second kappa shape index (κ2) is 11.1. The number of ether oxygens (including phenoxy) is 2. The molecule has 0 bridgehead atoms. The minimum atomic E-state index is -0.729. The van der Waals surface area contributed by atoms with Crippen LogP contribution in [0.2, 0.25) is 0 Å². The van der Waals surface area contributed by atoms with Gasteiger partial charge in [0.15, 0.2) is 0 Å². The largest absolute Gasteiger partial charge is 0.461 e. The Bertz CT molecular complexity index is 702. The molecule has 0 saturated carbocycles. The van der Waals surface area contributed by atoms with E-state index in [9.17, 15) is 9.59 Å². The van der Waals surface area contributed by atoms with E-state index in [1.54, 1.807) is 0 Å². The van der Waals surface area contributed by atoms with Crippen molar-refractivity contribution < 1.29 is 19.1 Å². The average molecular weight is 380 g/mol. The van der Waals surface area contributed by atoms with Gasteiger partial charge >= 0.3 is 11.9 Å². The van der Waals surface area contributed by atoms with Crippen molar-refractivity contribution in [2.75, 3.05) is 13.2 Å². The molecule has 0 aliphatic heterocycles. The van der Waals surface area contributed by atoms with Crippen molar-refractivity contribution in [2.45, 2.75) is 38.5 Å². The zero-order valence-electron chi connectivity index (χ0n) is 16.6. The van der Waals surface area contributed by atoms with Crippen LogP contribution in [0.4, 0.5) is 0 Å². The highest BCUT2D eigenvalue weighted by atomic mass is 16.6. The van der Waals surface area contributed by atoms with E-state index in [-0.39, 0.29) is 30.6 Å². The molecular formula is C24H28O4. The smallest absolute Gasteiger partial charge is 0.344 e. The number of carbonyl (C=O) groups excluding carboxylic acids is 2. The summed E-state index contributed by atoms with van der Waals surface area (Å²) in [4.78, 5) is 24.4. The van der Waals surface area contributed by atoms with Gasteiger partial charge in [0.25, 0.3) is 0 Å². The molecule has 2 atom stereocenters. The summed E-state index contributed by atoms with van der Waals surface area (Å²) in [6, 6.07) is 19.7. The van der Waals surface area contributed by atoms with E-state index in [0.29, 0.717) is 0 Å². The Kier molecular flexibility index (Phi) is 8.47. The monoisotopic (exact) mass is 380 g/mol. The third-order valence-corrected chi connectivity index (χ3v) is 4.85. The number of benzene rings is 2. The summed E-state index contributed by atoms with van der Waals surface area (Å²) in [6.07, 6.45) is 1.65. The lowest BCUT2D eigenvalue weighted by Gasteiger charge is -2.17. The lowest BCUT2D eigenvalue weighted by Crippen LogP contribution is -2.21. The highest BCUT2D eigenvalue weighted by Gasteiger charge is 2.22. The molecule has 2 aromatic rings. The Morgan fingerprint density at radius 2 is 1.11 bits per heavy atom. The minimum absolute atomic E-state index is 0.0801. The molecule has 0 aliphatic carbocycles. The summed E-state index contributed by atoms with van der Waals surface area (Å²) in [5.41, 5.74) is 1.92. The normalized spacial score (nSPS) is 12.6. The molecule has 4 heteroatoms. The van der Waals surface area contributed by atoms with E-state index in [1.165, 1.54) is 0 Å². The summed E-state index contributed by atoms with van der Waals surface area (Å²) >= 11 is 0. The maximum atomic E-state index is 12.2. The van der Waals surface area contributed by atoms with Crippen LogP contribution in [0.15, 0.2) is 72.8 Å². The number of hydrogen-bond acceptors (Lipinski definition) is 4. The van der Waals surface area contributed by atoms with Gasteiger partial charge in [0.2, 0.25) is 0 Å². The molecule has 0 aromatic heterocycles. The van der Waals surface area contributed by atoms with E-state index in [4.69, 9.17) is 9.47 Å². The van der Waals surface area contributed by atoms with Crippen LogP contribution in [-0.4, -0.2) is 25.2 Å². The molecule has 2 unspecified atom stereocenters. The number of esters is 2. The first kappa shape index (κ1) is 21.4. The third kappa shape index (κ3) is 6.08. The molecule has 148 valence electrons. The second-order valence-electron chi connectivity index (χ2n) is 6.71. The third-order valence-electron chi connectivity index (χ3n) is 4.85. The molecule has 2 rings (SSSR count). The van der Waals surface area contributed by atoms with Gasteiger partial charge in [-0.25, -0.2) is 9.59 Å². The van der Waals surface area contributed by atoms with Gasteiger partial charge in [0.1, 0.15) is 5.57 Å². The maximum Gasteiger partial charge on any atom is 0.344 e. The van der Waals surface area contributed by atoms with E-state index in [0.717, 1.165) is 24.0 Å². The predicted molar refractivity (Wildman–Crippen MR) is 110 cm³/mol. The molecule has 0 spiro atoms. The molecule has 0 heterocycles. The maximum absolute atomic E-state index is 12.2. The Balaban J connectivity index is 1.84. The first-order chi connectivity index (χ1) is 13.6. The Labute approximate surface area is 167 Å². The summed E-state index contributed by atoms with van der Waals surface area (Å²) in [7, 11) is 0. The topological polar surface area (TPSA) is 52.6 Å². The molecule has 0 saturated heterocycles. The predicted octanol–water partition coefficient (Wildman–Crippen LogP) is 5.02. The van der Waals surface area contributed by atoms with Crippen molar-refractivity contribution in [1.82, 2.24) is 0 Å². The Morgan fingerprint density at radius 1 is 0.750 bits per heavy atom. The fourth-order valence-electron chi connectivity index (χ4n) is 2.96. The summed E-state index contributed by atoms with van der Waals surface area (Å²) in [5, 5.41) is 0.